The number of rotatable bonds is 2. The van der Waals surface area contributed by atoms with Crippen LogP contribution in [0.1, 0.15) is 12.5 Å². The Hall–Kier alpha value is -2.15. The molecule has 20 heavy (non-hydrogen) atoms. The average Bonchev–Trinajstić information content (AvgIpc) is 2.49. The summed E-state index contributed by atoms with van der Waals surface area (Å²) in [6.45, 7) is 1.79. The molecular weight excluding hydrogens is 252 g/mol. The summed E-state index contributed by atoms with van der Waals surface area (Å²) in [5, 5.41) is 0. The molecular formula is C17H16O3. The third-order valence-electron chi connectivity index (χ3n) is 3.25. The average molecular weight is 268 g/mol. The number of methoxy groups -OCH3 is 2. The Morgan fingerprint density at radius 1 is 1.00 bits per heavy atom. The van der Waals surface area contributed by atoms with Gasteiger partial charge in [-0.2, -0.15) is 0 Å². The number of hydrogen-bond acceptors (Lipinski definition) is 3. The molecule has 0 aliphatic heterocycles. The van der Waals surface area contributed by atoms with Crippen molar-refractivity contribution in [3.63, 3.8) is 0 Å². The highest BCUT2D eigenvalue weighted by Crippen LogP contribution is 2.29. The van der Waals surface area contributed by atoms with E-state index in [9.17, 15) is 4.79 Å². The van der Waals surface area contributed by atoms with Crippen molar-refractivity contribution < 1.29 is 14.3 Å². The fraction of sp³-hybridized carbons (Fsp3) is 0.235. The molecule has 0 radical (unpaired) electrons. The highest BCUT2D eigenvalue weighted by atomic mass is 16.7. The molecule has 0 unspecified atom stereocenters. The van der Waals surface area contributed by atoms with Crippen LogP contribution in [0.4, 0.5) is 0 Å². The van der Waals surface area contributed by atoms with Gasteiger partial charge in [-0.3, -0.25) is 4.79 Å². The fourth-order valence-corrected chi connectivity index (χ4v) is 2.10. The Kier molecular flexibility index (Phi) is 4.19. The molecule has 0 aromatic heterocycles. The number of ether oxygens (including phenoxy) is 2. The van der Waals surface area contributed by atoms with Crippen LogP contribution in [0.15, 0.2) is 53.6 Å². The first-order valence-electron chi connectivity index (χ1n) is 6.25. The lowest BCUT2D eigenvalue weighted by atomic mass is 9.91. The maximum atomic E-state index is 12.5. The van der Waals surface area contributed by atoms with Crippen LogP contribution in [0.3, 0.4) is 0 Å². The zero-order chi connectivity index (χ0) is 14.6. The number of benzene rings is 1. The van der Waals surface area contributed by atoms with Crippen molar-refractivity contribution in [1.82, 2.24) is 0 Å². The largest absolute Gasteiger partial charge is 0.343 e. The molecule has 0 spiro atoms. The van der Waals surface area contributed by atoms with Gasteiger partial charge in [-0.25, -0.2) is 0 Å². The molecule has 1 aliphatic rings. The van der Waals surface area contributed by atoms with Crippen molar-refractivity contribution in [2.24, 2.45) is 0 Å². The first kappa shape index (κ1) is 14.3. The van der Waals surface area contributed by atoms with Crippen molar-refractivity contribution >= 4 is 5.78 Å². The molecule has 0 saturated carbocycles. The molecule has 0 fully saturated rings. The SMILES string of the molecule is COC1(OC)C(=O)C(C#Cc2ccccc2)=CC=C1C. The maximum Gasteiger partial charge on any atom is 0.257 e. The predicted molar refractivity (Wildman–Crippen MR) is 76.9 cm³/mol. The van der Waals surface area contributed by atoms with Crippen molar-refractivity contribution in [3.8, 4) is 11.8 Å². The summed E-state index contributed by atoms with van der Waals surface area (Å²) in [7, 11) is 2.90. The second-order valence-corrected chi connectivity index (χ2v) is 4.40. The van der Waals surface area contributed by atoms with E-state index >= 15 is 0 Å². The molecule has 0 heterocycles. The monoisotopic (exact) mass is 268 g/mol. The quantitative estimate of drug-likeness (QED) is 0.610. The molecule has 0 N–H and O–H groups in total. The van der Waals surface area contributed by atoms with Crippen molar-refractivity contribution in [3.05, 3.63) is 59.2 Å². The molecule has 1 aromatic carbocycles. The van der Waals surface area contributed by atoms with Gasteiger partial charge in [-0.15, -0.1) is 0 Å². The lowest BCUT2D eigenvalue weighted by Gasteiger charge is -2.31. The van der Waals surface area contributed by atoms with Gasteiger partial charge in [0.15, 0.2) is 0 Å². The lowest BCUT2D eigenvalue weighted by Crippen LogP contribution is -2.45. The van der Waals surface area contributed by atoms with E-state index in [0.717, 1.165) is 5.56 Å². The minimum Gasteiger partial charge on any atom is -0.343 e. The molecule has 0 bridgehead atoms. The van der Waals surface area contributed by atoms with Crippen molar-refractivity contribution in [2.75, 3.05) is 14.2 Å². The number of Topliss-reactive ketones (excluding diaryl/α,β-unsaturated/α-hetero) is 1. The molecule has 0 amide bonds. The maximum absolute atomic E-state index is 12.5. The van der Waals surface area contributed by atoms with Gasteiger partial charge in [0.05, 0.1) is 5.57 Å². The van der Waals surface area contributed by atoms with Gasteiger partial charge in [0.1, 0.15) is 0 Å². The van der Waals surface area contributed by atoms with E-state index in [1.165, 1.54) is 14.2 Å². The Morgan fingerprint density at radius 3 is 2.25 bits per heavy atom. The predicted octanol–water partition coefficient (Wildman–Crippen LogP) is 2.48. The van der Waals surface area contributed by atoms with Crippen LogP contribution in [0, 0.1) is 11.8 Å². The number of hydrogen-bond donors (Lipinski definition) is 0. The summed E-state index contributed by atoms with van der Waals surface area (Å²) < 4.78 is 10.6. The minimum atomic E-state index is -1.35. The summed E-state index contributed by atoms with van der Waals surface area (Å²) in [5.74, 6) is 4.23. The Morgan fingerprint density at radius 2 is 1.65 bits per heavy atom. The van der Waals surface area contributed by atoms with Crippen LogP contribution in [0.25, 0.3) is 0 Å². The van der Waals surface area contributed by atoms with Crippen LogP contribution >= 0.6 is 0 Å². The first-order valence-corrected chi connectivity index (χ1v) is 6.25. The van der Waals surface area contributed by atoms with Gasteiger partial charge in [-0.05, 0) is 30.7 Å². The number of allylic oxidation sites excluding steroid dienone is 2. The first-order chi connectivity index (χ1) is 9.64. The second-order valence-electron chi connectivity index (χ2n) is 4.40. The number of ketones is 1. The summed E-state index contributed by atoms with van der Waals surface area (Å²) in [4.78, 5) is 12.5. The van der Waals surface area contributed by atoms with Gasteiger partial charge in [0.25, 0.3) is 5.79 Å². The number of carbonyl (C=O) groups is 1. The molecule has 1 aromatic rings. The molecule has 3 nitrogen and oxygen atoms in total. The third-order valence-corrected chi connectivity index (χ3v) is 3.25. The standard InChI is InChI=1S/C17H16O3/c1-13-9-11-15(16(18)17(13,19-2)20-3)12-10-14-7-5-4-6-8-14/h4-9,11H,1-3H3. The highest BCUT2D eigenvalue weighted by Gasteiger charge is 2.43. The Bertz CT molecular complexity index is 623. The minimum absolute atomic E-state index is 0.272. The topological polar surface area (TPSA) is 35.5 Å². The normalized spacial score (nSPS) is 16.9. The van der Waals surface area contributed by atoms with E-state index in [2.05, 4.69) is 11.8 Å². The second kappa shape index (κ2) is 5.87. The van der Waals surface area contributed by atoms with Crippen LogP contribution in [-0.2, 0) is 14.3 Å². The summed E-state index contributed by atoms with van der Waals surface area (Å²) in [6.07, 6.45) is 3.49. The molecule has 0 saturated heterocycles. The van der Waals surface area contributed by atoms with E-state index in [1.54, 1.807) is 19.1 Å². The van der Waals surface area contributed by atoms with Gasteiger partial charge in [-0.1, -0.05) is 36.1 Å². The Labute approximate surface area is 118 Å². The zero-order valence-electron chi connectivity index (χ0n) is 11.8. The molecule has 1 aliphatic carbocycles. The molecule has 2 rings (SSSR count). The molecule has 0 atom stereocenters. The van der Waals surface area contributed by atoms with Crippen LogP contribution in [-0.4, -0.2) is 25.8 Å². The smallest absolute Gasteiger partial charge is 0.257 e. The van der Waals surface area contributed by atoms with Gasteiger partial charge < -0.3 is 9.47 Å². The summed E-state index contributed by atoms with van der Waals surface area (Å²) >= 11 is 0. The van der Waals surface area contributed by atoms with Gasteiger partial charge in [0.2, 0.25) is 5.78 Å². The zero-order valence-corrected chi connectivity index (χ0v) is 11.8. The summed E-state index contributed by atoms with van der Waals surface area (Å²) in [6, 6.07) is 9.51. The molecule has 3 heteroatoms. The summed E-state index contributed by atoms with van der Waals surface area (Å²) in [5.41, 5.74) is 1.94. The van der Waals surface area contributed by atoms with Crippen LogP contribution < -0.4 is 0 Å². The highest BCUT2D eigenvalue weighted by molar-refractivity contribution is 6.08. The van der Waals surface area contributed by atoms with E-state index in [0.29, 0.717) is 11.1 Å². The van der Waals surface area contributed by atoms with E-state index in [1.807, 2.05) is 30.3 Å². The van der Waals surface area contributed by atoms with E-state index in [4.69, 9.17) is 9.47 Å². The van der Waals surface area contributed by atoms with E-state index in [-0.39, 0.29) is 5.78 Å². The fourth-order valence-electron chi connectivity index (χ4n) is 2.10. The van der Waals surface area contributed by atoms with Crippen LogP contribution in [0.2, 0.25) is 0 Å². The number of carbonyl (C=O) groups excluding carboxylic acids is 1. The Balaban J connectivity index is 2.36. The van der Waals surface area contributed by atoms with Crippen molar-refractivity contribution in [2.45, 2.75) is 12.7 Å². The van der Waals surface area contributed by atoms with Crippen LogP contribution in [0.5, 0.6) is 0 Å². The van der Waals surface area contributed by atoms with Gasteiger partial charge in [0, 0.05) is 19.8 Å². The van der Waals surface area contributed by atoms with Gasteiger partial charge >= 0.3 is 0 Å². The van der Waals surface area contributed by atoms with Crippen molar-refractivity contribution in [1.29, 1.82) is 0 Å². The molecule has 102 valence electrons. The third kappa shape index (κ3) is 2.44. The van der Waals surface area contributed by atoms with E-state index < -0.39 is 5.79 Å². The lowest BCUT2D eigenvalue weighted by molar-refractivity contribution is -0.186.